The number of anilines is 2. The van der Waals surface area contributed by atoms with E-state index in [1.807, 2.05) is 0 Å². The summed E-state index contributed by atoms with van der Waals surface area (Å²) in [7, 11) is 3.06. The molecular weight excluding hydrogens is 606 g/mol. The van der Waals surface area contributed by atoms with Crippen molar-refractivity contribution in [3.05, 3.63) is 80.7 Å². The molecule has 4 atom stereocenters. The average molecular weight is 634 g/mol. The summed E-state index contributed by atoms with van der Waals surface area (Å²) in [6.07, 6.45) is 1.60. The Morgan fingerprint density at radius 1 is 1.20 bits per heavy atom. The van der Waals surface area contributed by atoms with Crippen LogP contribution in [0.4, 0.5) is 16.5 Å². The van der Waals surface area contributed by atoms with Gasteiger partial charge in [-0.1, -0.05) is 23.5 Å². The number of hydrogen-bond donors (Lipinski definition) is 6. The Labute approximate surface area is 258 Å². The molecule has 0 radical (unpaired) electrons. The largest absolute Gasteiger partial charge is 0.508 e. The van der Waals surface area contributed by atoms with Crippen LogP contribution in [0.5, 0.6) is 5.75 Å². The quantitative estimate of drug-likeness (QED) is 0.0996. The van der Waals surface area contributed by atoms with Crippen molar-refractivity contribution in [2.45, 2.75) is 24.5 Å². The molecule has 2 aromatic carbocycles. The van der Waals surface area contributed by atoms with Crippen LogP contribution in [-0.2, 0) is 20.8 Å². The zero-order valence-corrected chi connectivity index (χ0v) is 24.7. The Morgan fingerprint density at radius 2 is 1.93 bits per heavy atom. The van der Waals surface area contributed by atoms with Gasteiger partial charge in [-0.3, -0.25) is 29.4 Å². The maximum absolute atomic E-state index is 14.0. The molecular formula is C30H27N5O9S. The van der Waals surface area contributed by atoms with Gasteiger partial charge in [-0.05, 0) is 50.6 Å². The number of nitrogens with one attached hydrogen (secondary N) is 1. The zero-order valence-electron chi connectivity index (χ0n) is 23.8. The maximum atomic E-state index is 14.0. The van der Waals surface area contributed by atoms with Crippen molar-refractivity contribution < 1.29 is 39.7 Å². The SMILES string of the molecule is CN(C)[C@@H]1C(=O)C(C(N)=O)=C(O)[C@@]2(O)C(=O)C3=C(O)c4c(O)ccc(Nc5ncc(-c6cccc([N+](=O)[O-])c6)s5)c4CC3CC12. The molecule has 3 aliphatic carbocycles. The Kier molecular flexibility index (Phi) is 6.99. The Morgan fingerprint density at radius 3 is 2.60 bits per heavy atom. The minimum absolute atomic E-state index is 0.0466. The number of phenolic OH excluding ortho intramolecular Hbond substituents is 1. The van der Waals surface area contributed by atoms with E-state index in [-0.39, 0.29) is 35.4 Å². The number of nitro groups is 1. The van der Waals surface area contributed by atoms with Gasteiger partial charge in [0.05, 0.1) is 21.4 Å². The first-order valence-corrected chi connectivity index (χ1v) is 14.5. The van der Waals surface area contributed by atoms with Gasteiger partial charge in [0.25, 0.3) is 11.6 Å². The molecule has 14 nitrogen and oxygen atoms in total. The lowest BCUT2D eigenvalue weighted by Crippen LogP contribution is -2.65. The van der Waals surface area contributed by atoms with Crippen molar-refractivity contribution in [3.8, 4) is 16.2 Å². The van der Waals surface area contributed by atoms with Crippen LogP contribution in [0, 0.1) is 22.0 Å². The minimum Gasteiger partial charge on any atom is -0.508 e. The summed E-state index contributed by atoms with van der Waals surface area (Å²) in [4.78, 5) is 56.6. The van der Waals surface area contributed by atoms with Gasteiger partial charge in [-0.25, -0.2) is 4.98 Å². The zero-order chi connectivity index (χ0) is 32.5. The molecule has 45 heavy (non-hydrogen) atoms. The average Bonchev–Trinajstić information content (AvgIpc) is 3.45. The fourth-order valence-electron chi connectivity index (χ4n) is 6.71. The van der Waals surface area contributed by atoms with E-state index in [1.54, 1.807) is 24.4 Å². The van der Waals surface area contributed by atoms with Crippen LogP contribution < -0.4 is 11.1 Å². The smallest absolute Gasteiger partial charge is 0.270 e. The maximum Gasteiger partial charge on any atom is 0.270 e. The number of aromatic nitrogens is 1. The number of phenols is 1. The van der Waals surface area contributed by atoms with Crippen molar-refractivity contribution in [2.75, 3.05) is 19.4 Å². The third kappa shape index (κ3) is 4.46. The molecule has 0 spiro atoms. The Balaban J connectivity index is 1.42. The van der Waals surface area contributed by atoms with Crippen molar-refractivity contribution in [1.82, 2.24) is 9.88 Å². The molecule has 15 heteroatoms. The summed E-state index contributed by atoms with van der Waals surface area (Å²) in [5.41, 5.74) is 2.86. The van der Waals surface area contributed by atoms with Gasteiger partial charge in [0.2, 0.25) is 5.78 Å². The molecule has 1 fully saturated rings. The van der Waals surface area contributed by atoms with Gasteiger partial charge >= 0.3 is 0 Å². The van der Waals surface area contributed by atoms with Gasteiger partial charge < -0.3 is 31.5 Å². The number of hydrogen-bond acceptors (Lipinski definition) is 13. The second kappa shape index (κ2) is 10.5. The first-order valence-electron chi connectivity index (χ1n) is 13.7. The lowest BCUT2D eigenvalue weighted by molar-refractivity contribution is -0.384. The molecule has 7 N–H and O–H groups in total. The number of aliphatic hydroxyl groups is 3. The number of thiazole rings is 1. The lowest BCUT2D eigenvalue weighted by atomic mass is 9.57. The van der Waals surface area contributed by atoms with E-state index in [0.717, 1.165) is 0 Å². The molecule has 3 aromatic rings. The first-order chi connectivity index (χ1) is 21.2. The number of nitrogens with two attached hydrogens (primary N) is 1. The number of carbonyl (C=O) groups excluding carboxylic acids is 3. The van der Waals surface area contributed by atoms with Crippen LogP contribution in [0.3, 0.4) is 0 Å². The fraction of sp³-hybridized carbons (Fsp3) is 0.267. The fourth-order valence-corrected chi connectivity index (χ4v) is 7.54. The summed E-state index contributed by atoms with van der Waals surface area (Å²) in [5.74, 6) is -7.27. The number of amides is 1. The number of rotatable bonds is 6. The summed E-state index contributed by atoms with van der Waals surface area (Å²) >= 11 is 1.22. The molecule has 0 aliphatic heterocycles. The molecule has 0 bridgehead atoms. The highest BCUT2D eigenvalue weighted by atomic mass is 32.1. The van der Waals surface area contributed by atoms with Gasteiger partial charge in [0.15, 0.2) is 16.5 Å². The normalized spacial score (nSPS) is 24.3. The highest BCUT2D eigenvalue weighted by molar-refractivity contribution is 7.19. The van der Waals surface area contributed by atoms with Gasteiger partial charge in [-0.15, -0.1) is 0 Å². The van der Waals surface area contributed by atoms with Crippen molar-refractivity contribution in [3.63, 3.8) is 0 Å². The summed E-state index contributed by atoms with van der Waals surface area (Å²) in [6, 6.07) is 7.80. The molecule has 6 rings (SSSR count). The van der Waals surface area contributed by atoms with Gasteiger partial charge in [0, 0.05) is 41.1 Å². The van der Waals surface area contributed by atoms with Crippen molar-refractivity contribution in [1.29, 1.82) is 0 Å². The Hall–Kier alpha value is -5.12. The summed E-state index contributed by atoms with van der Waals surface area (Å²) < 4.78 is 0. The molecule has 1 saturated carbocycles. The first kappa shape index (κ1) is 29.9. The predicted octanol–water partition coefficient (Wildman–Crippen LogP) is 2.74. The van der Waals surface area contributed by atoms with E-state index in [1.165, 1.54) is 48.5 Å². The number of primary amides is 1. The highest BCUT2D eigenvalue weighted by Gasteiger charge is 2.64. The number of nitro benzene ring substituents is 1. The van der Waals surface area contributed by atoms with E-state index in [9.17, 15) is 44.9 Å². The number of carbonyl (C=O) groups is 3. The second-order valence-electron chi connectivity index (χ2n) is 11.4. The topological polar surface area (TPSA) is 229 Å². The van der Waals surface area contributed by atoms with Crippen LogP contribution in [0.15, 0.2) is 59.5 Å². The molecule has 2 unspecified atom stereocenters. The number of benzene rings is 2. The van der Waals surface area contributed by atoms with E-state index >= 15 is 0 Å². The Bertz CT molecular complexity index is 1900. The number of non-ortho nitro benzene ring substituents is 1. The number of ketones is 2. The van der Waals surface area contributed by atoms with E-state index in [0.29, 0.717) is 26.8 Å². The number of Topliss-reactive ketones (excluding diaryl/α,β-unsaturated/α-hetero) is 2. The van der Waals surface area contributed by atoms with Crippen LogP contribution in [0.2, 0.25) is 0 Å². The van der Waals surface area contributed by atoms with E-state index in [4.69, 9.17) is 5.73 Å². The lowest BCUT2D eigenvalue weighted by Gasteiger charge is -2.50. The second-order valence-corrected chi connectivity index (χ2v) is 12.4. The molecule has 1 amide bonds. The number of aromatic hydroxyl groups is 1. The summed E-state index contributed by atoms with van der Waals surface area (Å²) in [5, 5.41) is 59.7. The van der Waals surface area contributed by atoms with Gasteiger partial charge in [0.1, 0.15) is 22.8 Å². The van der Waals surface area contributed by atoms with E-state index < -0.39 is 63.0 Å². The number of fused-ring (bicyclic) bond motifs is 3. The third-order valence-electron chi connectivity index (χ3n) is 8.69. The van der Waals surface area contributed by atoms with E-state index in [2.05, 4.69) is 10.3 Å². The number of likely N-dealkylation sites (N-methyl/N-ethyl adjacent to an activating group) is 1. The molecule has 232 valence electrons. The van der Waals surface area contributed by atoms with Crippen LogP contribution in [0.25, 0.3) is 16.2 Å². The van der Waals surface area contributed by atoms with Crippen molar-refractivity contribution >= 4 is 51.1 Å². The minimum atomic E-state index is -2.72. The summed E-state index contributed by atoms with van der Waals surface area (Å²) in [6.45, 7) is 0. The van der Waals surface area contributed by atoms with Crippen LogP contribution >= 0.6 is 11.3 Å². The highest BCUT2D eigenvalue weighted by Crippen LogP contribution is 2.53. The molecule has 3 aliphatic rings. The monoisotopic (exact) mass is 633 g/mol. The predicted molar refractivity (Wildman–Crippen MR) is 162 cm³/mol. The molecule has 0 saturated heterocycles. The van der Waals surface area contributed by atoms with Crippen LogP contribution in [0.1, 0.15) is 17.5 Å². The molecule has 1 heterocycles. The number of nitrogens with zero attached hydrogens (tertiary/aromatic N) is 3. The van der Waals surface area contributed by atoms with Crippen molar-refractivity contribution in [2.24, 2.45) is 17.6 Å². The standard InChI is InChI=1S/C30H27N5O9S/c1-34(2)23-16-10-13-9-15-17(33-29-32-11-19(45-29)12-4-3-5-14(8-12)35(43)44)6-7-18(36)21(15)24(37)20(13)26(39)30(16,42)27(40)22(25(23)38)28(31)41/h3-8,11,13,16,23,36-37,40,42H,9-10H2,1-2H3,(H2,31,41)(H,32,33)/t13?,16?,23-,30-/m0/s1. The van der Waals surface area contributed by atoms with Gasteiger partial charge in [-0.2, -0.15) is 0 Å². The third-order valence-corrected chi connectivity index (χ3v) is 9.65. The van der Waals surface area contributed by atoms with Crippen LogP contribution in [-0.4, -0.2) is 78.4 Å². The number of aliphatic hydroxyl groups excluding tert-OH is 2. The molecule has 1 aromatic heterocycles.